The summed E-state index contributed by atoms with van der Waals surface area (Å²) in [5, 5.41) is 13.7. The van der Waals surface area contributed by atoms with Crippen LogP contribution in [0.3, 0.4) is 0 Å². The number of aromatic nitrogens is 1. The lowest BCUT2D eigenvalue weighted by Crippen LogP contribution is -2.32. The van der Waals surface area contributed by atoms with Crippen LogP contribution in [0, 0.1) is 20.9 Å². The van der Waals surface area contributed by atoms with Gasteiger partial charge in [0.15, 0.2) is 0 Å². The summed E-state index contributed by atoms with van der Waals surface area (Å²) in [6.45, 7) is 3.36. The number of nitro groups is 1. The van der Waals surface area contributed by atoms with Crippen LogP contribution in [0.25, 0.3) is 10.8 Å². The molecule has 0 bridgehead atoms. The largest absolute Gasteiger partial charge is 0.309 e. The van der Waals surface area contributed by atoms with E-state index in [2.05, 4.69) is 5.18 Å². The third-order valence-electron chi connectivity index (χ3n) is 3.42. The fraction of sp³-hybridized carbons (Fsp3) is 0.286. The zero-order chi connectivity index (χ0) is 16.4. The Morgan fingerprint density at radius 1 is 1.27 bits per heavy atom. The Bertz CT molecular complexity index is 825. The maximum Gasteiger partial charge on any atom is 0.309 e. The molecule has 1 aromatic carbocycles. The van der Waals surface area contributed by atoms with Crippen molar-refractivity contribution in [2.45, 2.75) is 19.9 Å². The molecule has 1 atom stereocenters. The number of nitro benzene ring substituents is 1. The van der Waals surface area contributed by atoms with Gasteiger partial charge in [-0.15, -0.1) is 4.91 Å². The number of nitroso groups, excluding NO2 is 1. The van der Waals surface area contributed by atoms with Crippen LogP contribution in [0.2, 0.25) is 0 Å². The van der Waals surface area contributed by atoms with E-state index in [1.807, 2.05) is 0 Å². The third-order valence-corrected chi connectivity index (χ3v) is 3.42. The summed E-state index contributed by atoms with van der Waals surface area (Å²) in [4.78, 5) is 45.1. The van der Waals surface area contributed by atoms with E-state index in [-0.39, 0.29) is 22.4 Å². The smallest absolute Gasteiger partial charge is 0.302 e. The van der Waals surface area contributed by atoms with Crippen molar-refractivity contribution in [3.8, 4) is 0 Å². The van der Waals surface area contributed by atoms with Crippen molar-refractivity contribution in [2.75, 3.05) is 0 Å². The Hall–Kier alpha value is -2.90. The van der Waals surface area contributed by atoms with E-state index in [9.17, 15) is 24.6 Å². The zero-order valence-corrected chi connectivity index (χ0v) is 11.9. The second-order valence-corrected chi connectivity index (χ2v) is 5.14. The van der Waals surface area contributed by atoms with Crippen LogP contribution in [0.15, 0.2) is 40.4 Å². The van der Waals surface area contributed by atoms with Crippen molar-refractivity contribution in [2.24, 2.45) is 11.1 Å². The van der Waals surface area contributed by atoms with E-state index in [0.717, 1.165) is 4.57 Å². The molecule has 22 heavy (non-hydrogen) atoms. The number of amides is 1. The highest BCUT2D eigenvalue weighted by Crippen LogP contribution is 2.25. The Labute approximate surface area is 124 Å². The molecule has 8 heteroatoms. The average molecular weight is 303 g/mol. The standard InChI is InChI=1S/C14H13N3O5/c1-8(2)12(13(18)15-20)16-7-6-9-10(14(16)19)4-3-5-11(9)17(21)22/h3-8,12H,1-2H3/t12-/m1/s1. The van der Waals surface area contributed by atoms with E-state index in [0.29, 0.717) is 0 Å². The number of fused-ring (bicyclic) bond motifs is 1. The molecule has 1 aromatic heterocycles. The molecule has 2 rings (SSSR count). The van der Waals surface area contributed by atoms with Crippen molar-refractivity contribution >= 4 is 22.4 Å². The highest BCUT2D eigenvalue weighted by atomic mass is 16.6. The number of rotatable bonds is 4. The number of pyridine rings is 1. The van der Waals surface area contributed by atoms with Gasteiger partial charge < -0.3 is 4.57 Å². The van der Waals surface area contributed by atoms with Crippen molar-refractivity contribution in [3.05, 3.63) is 55.8 Å². The summed E-state index contributed by atoms with van der Waals surface area (Å²) in [7, 11) is 0. The van der Waals surface area contributed by atoms with Crippen molar-refractivity contribution in [3.63, 3.8) is 0 Å². The molecule has 0 saturated carbocycles. The van der Waals surface area contributed by atoms with Crippen LogP contribution < -0.4 is 5.56 Å². The van der Waals surface area contributed by atoms with Crippen LogP contribution in [-0.2, 0) is 4.79 Å². The topological polar surface area (TPSA) is 112 Å². The van der Waals surface area contributed by atoms with Crippen LogP contribution in [0.4, 0.5) is 5.69 Å². The molecule has 1 heterocycles. The molecular weight excluding hydrogens is 290 g/mol. The first kappa shape index (κ1) is 15.5. The number of carbonyl (C=O) groups is 1. The maximum absolute atomic E-state index is 12.5. The predicted octanol–water partition coefficient (Wildman–Crippen LogP) is 2.40. The molecule has 2 aromatic rings. The van der Waals surface area contributed by atoms with Gasteiger partial charge in [0.1, 0.15) is 6.04 Å². The number of benzene rings is 1. The van der Waals surface area contributed by atoms with E-state index in [1.165, 1.54) is 30.5 Å². The number of hydrogen-bond donors (Lipinski definition) is 0. The lowest BCUT2D eigenvalue weighted by atomic mass is 10.0. The maximum atomic E-state index is 12.5. The lowest BCUT2D eigenvalue weighted by molar-refractivity contribution is -0.383. The van der Waals surface area contributed by atoms with Gasteiger partial charge in [0.25, 0.3) is 11.2 Å². The van der Waals surface area contributed by atoms with Gasteiger partial charge >= 0.3 is 5.91 Å². The Kier molecular flexibility index (Phi) is 4.11. The fourth-order valence-corrected chi connectivity index (χ4v) is 2.43. The Morgan fingerprint density at radius 2 is 1.95 bits per heavy atom. The van der Waals surface area contributed by atoms with E-state index >= 15 is 0 Å². The number of hydrogen-bond acceptors (Lipinski definition) is 5. The minimum atomic E-state index is -1.03. The Balaban J connectivity index is 2.76. The third kappa shape index (κ3) is 2.50. The molecule has 0 radical (unpaired) electrons. The Morgan fingerprint density at radius 3 is 2.50 bits per heavy atom. The molecule has 0 aliphatic heterocycles. The first-order chi connectivity index (χ1) is 10.4. The van der Waals surface area contributed by atoms with Crippen LogP contribution in [-0.4, -0.2) is 15.4 Å². The summed E-state index contributed by atoms with van der Waals surface area (Å²) >= 11 is 0. The van der Waals surface area contributed by atoms with Gasteiger partial charge in [-0.1, -0.05) is 19.9 Å². The molecule has 0 aliphatic rings. The van der Waals surface area contributed by atoms with Crippen molar-refractivity contribution in [1.29, 1.82) is 0 Å². The number of nitrogens with zero attached hydrogens (tertiary/aromatic N) is 3. The van der Waals surface area contributed by atoms with E-state index in [4.69, 9.17) is 0 Å². The summed E-state index contributed by atoms with van der Waals surface area (Å²) in [6, 6.07) is 4.49. The molecule has 8 nitrogen and oxygen atoms in total. The highest BCUT2D eigenvalue weighted by Gasteiger charge is 2.27. The normalized spacial score (nSPS) is 12.3. The summed E-state index contributed by atoms with van der Waals surface area (Å²) in [6.07, 6.45) is 1.28. The van der Waals surface area contributed by atoms with Crippen LogP contribution >= 0.6 is 0 Å². The minimum Gasteiger partial charge on any atom is -0.302 e. The molecule has 0 fully saturated rings. The molecule has 0 aliphatic carbocycles. The van der Waals surface area contributed by atoms with Crippen molar-refractivity contribution in [1.82, 2.24) is 4.57 Å². The quantitative estimate of drug-likeness (QED) is 0.489. The monoisotopic (exact) mass is 303 g/mol. The van der Waals surface area contributed by atoms with Crippen molar-refractivity contribution < 1.29 is 9.72 Å². The first-order valence-corrected chi connectivity index (χ1v) is 6.54. The summed E-state index contributed by atoms with van der Waals surface area (Å²) < 4.78 is 1.10. The first-order valence-electron chi connectivity index (χ1n) is 6.54. The fourth-order valence-electron chi connectivity index (χ4n) is 2.43. The number of carbonyl (C=O) groups excluding carboxylic acids is 1. The van der Waals surface area contributed by atoms with Gasteiger partial charge in [-0.2, -0.15) is 0 Å². The van der Waals surface area contributed by atoms with Gasteiger partial charge in [0, 0.05) is 17.4 Å². The highest BCUT2D eigenvalue weighted by molar-refractivity contribution is 5.90. The second-order valence-electron chi connectivity index (χ2n) is 5.14. The number of non-ortho nitro benzene ring substituents is 1. The lowest BCUT2D eigenvalue weighted by Gasteiger charge is -2.19. The summed E-state index contributed by atoms with van der Waals surface area (Å²) in [5.41, 5.74) is -0.764. The molecule has 1 amide bonds. The average Bonchev–Trinajstić information content (AvgIpc) is 2.48. The SMILES string of the molecule is CC(C)[C@H](C(=O)N=O)n1ccc2c([N+](=O)[O-])cccc2c1=O. The minimum absolute atomic E-state index is 0.112. The van der Waals surface area contributed by atoms with Gasteiger partial charge in [0.05, 0.1) is 15.7 Å². The molecule has 114 valence electrons. The van der Waals surface area contributed by atoms with E-state index in [1.54, 1.807) is 13.8 Å². The van der Waals surface area contributed by atoms with E-state index < -0.39 is 22.4 Å². The van der Waals surface area contributed by atoms with Crippen LogP contribution in [0.5, 0.6) is 0 Å². The second kappa shape index (κ2) is 5.84. The summed E-state index contributed by atoms with van der Waals surface area (Å²) in [5.74, 6) is -1.29. The molecule has 0 spiro atoms. The van der Waals surface area contributed by atoms with Gasteiger partial charge in [0.2, 0.25) is 0 Å². The molecule has 0 N–H and O–H groups in total. The van der Waals surface area contributed by atoms with Gasteiger partial charge in [-0.3, -0.25) is 19.7 Å². The van der Waals surface area contributed by atoms with Crippen LogP contribution in [0.1, 0.15) is 19.9 Å². The van der Waals surface area contributed by atoms with Gasteiger partial charge in [-0.25, -0.2) is 0 Å². The predicted molar refractivity (Wildman–Crippen MR) is 79.5 cm³/mol. The van der Waals surface area contributed by atoms with Gasteiger partial charge in [-0.05, 0) is 18.1 Å². The molecular formula is C14H13N3O5. The molecule has 0 saturated heterocycles. The zero-order valence-electron chi connectivity index (χ0n) is 11.9. The molecule has 0 unspecified atom stereocenters.